The maximum atomic E-state index is 11.8. The molecule has 1 aliphatic rings. The van der Waals surface area contributed by atoms with Crippen LogP contribution in [0.1, 0.15) is 20.3 Å². The van der Waals surface area contributed by atoms with Gasteiger partial charge in [-0.1, -0.05) is 13.8 Å². The molecule has 0 spiro atoms. The summed E-state index contributed by atoms with van der Waals surface area (Å²) in [6, 6.07) is 4.31. The Morgan fingerprint density at radius 2 is 2.14 bits per heavy atom. The van der Waals surface area contributed by atoms with Gasteiger partial charge >= 0.3 is 10.2 Å². The van der Waals surface area contributed by atoms with E-state index >= 15 is 0 Å². The Balaban J connectivity index is 2.22. The zero-order valence-corrected chi connectivity index (χ0v) is 12.7. The number of carbonyl (C=O) groups excluding carboxylic acids is 1. The molecule has 0 radical (unpaired) electrons. The van der Waals surface area contributed by atoms with Gasteiger partial charge in [-0.3, -0.25) is 4.79 Å². The van der Waals surface area contributed by atoms with Crippen molar-refractivity contribution >= 4 is 21.8 Å². The number of rotatable bonds is 5. The van der Waals surface area contributed by atoms with Crippen LogP contribution in [0.25, 0.3) is 0 Å². The molecule has 2 rings (SSSR count). The molecule has 1 aliphatic heterocycles. The zero-order chi connectivity index (χ0) is 15.6. The molecule has 1 aromatic carbocycles. The second-order valence-corrected chi connectivity index (χ2v) is 6.81. The Labute approximate surface area is 123 Å². The van der Waals surface area contributed by atoms with Crippen molar-refractivity contribution in [3.8, 4) is 11.5 Å². The van der Waals surface area contributed by atoms with Gasteiger partial charge < -0.3 is 9.84 Å². The number of ether oxygens (including phenoxy) is 1. The second kappa shape index (κ2) is 5.80. The summed E-state index contributed by atoms with van der Waals surface area (Å²) < 4.78 is 31.8. The summed E-state index contributed by atoms with van der Waals surface area (Å²) in [4.78, 5) is 11.2. The molecule has 1 fully saturated rings. The first-order valence-corrected chi connectivity index (χ1v) is 8.02. The monoisotopic (exact) mass is 314 g/mol. The third kappa shape index (κ3) is 3.57. The van der Waals surface area contributed by atoms with Crippen molar-refractivity contribution in [1.29, 1.82) is 0 Å². The lowest BCUT2D eigenvalue weighted by atomic mass is 10.1. The molecule has 1 heterocycles. The van der Waals surface area contributed by atoms with Crippen LogP contribution in [-0.4, -0.2) is 32.6 Å². The van der Waals surface area contributed by atoms with Crippen molar-refractivity contribution in [1.82, 2.24) is 4.72 Å². The van der Waals surface area contributed by atoms with Gasteiger partial charge in [0.1, 0.15) is 18.0 Å². The van der Waals surface area contributed by atoms with Crippen molar-refractivity contribution in [3.63, 3.8) is 0 Å². The van der Waals surface area contributed by atoms with Crippen molar-refractivity contribution in [2.24, 2.45) is 5.92 Å². The number of anilines is 1. The summed E-state index contributed by atoms with van der Waals surface area (Å²) in [5.74, 6) is 0.0622. The average Bonchev–Trinajstić information content (AvgIpc) is 2.64. The van der Waals surface area contributed by atoms with Crippen LogP contribution in [0.2, 0.25) is 0 Å². The molecule has 2 N–H and O–H groups in total. The highest BCUT2D eigenvalue weighted by Crippen LogP contribution is 2.34. The van der Waals surface area contributed by atoms with Gasteiger partial charge in [-0.25, -0.2) is 9.03 Å². The lowest BCUT2D eigenvalue weighted by Gasteiger charge is -2.17. The van der Waals surface area contributed by atoms with E-state index in [1.165, 1.54) is 12.1 Å². The fourth-order valence-corrected chi connectivity index (χ4v) is 3.02. The molecule has 116 valence electrons. The molecule has 1 amide bonds. The van der Waals surface area contributed by atoms with Crippen LogP contribution in [0.3, 0.4) is 0 Å². The molecule has 0 bridgehead atoms. The van der Waals surface area contributed by atoms with E-state index in [1.54, 1.807) is 6.07 Å². The Bertz CT molecular complexity index is 642. The van der Waals surface area contributed by atoms with Gasteiger partial charge in [-0.2, -0.15) is 8.42 Å². The van der Waals surface area contributed by atoms with E-state index in [0.717, 1.165) is 10.7 Å². The van der Waals surface area contributed by atoms with E-state index in [2.05, 4.69) is 13.8 Å². The number of carbonyl (C=O) groups is 1. The van der Waals surface area contributed by atoms with Crippen LogP contribution in [-0.2, 0) is 15.0 Å². The first-order chi connectivity index (χ1) is 9.79. The van der Waals surface area contributed by atoms with Gasteiger partial charge in [0.2, 0.25) is 0 Å². The molecule has 0 unspecified atom stereocenters. The lowest BCUT2D eigenvalue weighted by Crippen LogP contribution is -2.29. The van der Waals surface area contributed by atoms with Crippen LogP contribution in [0.4, 0.5) is 5.69 Å². The number of nitrogens with zero attached hydrogens (tertiary/aromatic N) is 1. The van der Waals surface area contributed by atoms with Crippen molar-refractivity contribution in [2.75, 3.05) is 17.5 Å². The van der Waals surface area contributed by atoms with Crippen molar-refractivity contribution < 1.29 is 23.1 Å². The zero-order valence-electron chi connectivity index (χ0n) is 11.9. The minimum absolute atomic E-state index is 0.0235. The van der Waals surface area contributed by atoms with Crippen LogP contribution >= 0.6 is 0 Å². The Morgan fingerprint density at radius 3 is 2.71 bits per heavy atom. The van der Waals surface area contributed by atoms with E-state index < -0.39 is 16.1 Å². The number of hydrogen-bond acceptors (Lipinski definition) is 5. The van der Waals surface area contributed by atoms with Gasteiger partial charge in [-0.05, 0) is 24.5 Å². The summed E-state index contributed by atoms with van der Waals surface area (Å²) in [7, 11) is -3.94. The molecule has 0 atom stereocenters. The molecule has 0 aromatic heterocycles. The van der Waals surface area contributed by atoms with Crippen molar-refractivity contribution in [3.05, 3.63) is 18.2 Å². The summed E-state index contributed by atoms with van der Waals surface area (Å²) in [6.45, 7) is 4.27. The molecule has 21 heavy (non-hydrogen) atoms. The van der Waals surface area contributed by atoms with Crippen LogP contribution in [0, 0.1) is 5.92 Å². The van der Waals surface area contributed by atoms with E-state index in [9.17, 15) is 18.3 Å². The fraction of sp³-hybridized carbons (Fsp3) is 0.462. The number of hydrogen-bond donors (Lipinski definition) is 2. The highest BCUT2D eigenvalue weighted by molar-refractivity contribution is 7.92. The van der Waals surface area contributed by atoms with Crippen molar-refractivity contribution in [2.45, 2.75) is 20.3 Å². The third-order valence-corrected chi connectivity index (χ3v) is 4.39. The molecular weight excluding hydrogens is 296 g/mol. The minimum atomic E-state index is -3.94. The first kappa shape index (κ1) is 15.4. The van der Waals surface area contributed by atoms with E-state index in [4.69, 9.17) is 4.74 Å². The van der Waals surface area contributed by atoms with E-state index in [-0.39, 0.29) is 18.0 Å². The molecule has 0 saturated carbocycles. The molecule has 0 aliphatic carbocycles. The SMILES string of the molecule is CC(C)CCOc1ccc(O)c(N2CC(=O)NS2(=O)=O)c1. The number of aromatic hydroxyl groups is 1. The molecule has 1 saturated heterocycles. The standard InChI is InChI=1S/C13H18N2O5S/c1-9(2)5-6-20-10-3-4-12(16)11(7-10)15-8-13(17)14-21(15,18)19/h3-4,7,9,16H,5-6,8H2,1-2H3,(H,14,17). The fourth-order valence-electron chi connectivity index (χ4n) is 1.87. The number of phenolic OH excluding ortho intramolecular Hbond substituents is 1. The van der Waals surface area contributed by atoms with E-state index in [0.29, 0.717) is 18.3 Å². The maximum Gasteiger partial charge on any atom is 0.326 e. The minimum Gasteiger partial charge on any atom is -0.506 e. The Morgan fingerprint density at radius 1 is 1.43 bits per heavy atom. The summed E-state index contributed by atoms with van der Waals surface area (Å²) in [6.07, 6.45) is 0.859. The summed E-state index contributed by atoms with van der Waals surface area (Å²) >= 11 is 0. The average molecular weight is 314 g/mol. The summed E-state index contributed by atoms with van der Waals surface area (Å²) in [5.41, 5.74) is 0.0235. The third-order valence-electron chi connectivity index (χ3n) is 3.00. The van der Waals surface area contributed by atoms with Gasteiger partial charge in [0.25, 0.3) is 5.91 Å². The Kier molecular flexibility index (Phi) is 4.26. The topological polar surface area (TPSA) is 95.9 Å². The highest BCUT2D eigenvalue weighted by atomic mass is 32.2. The number of phenols is 1. The van der Waals surface area contributed by atoms with Crippen LogP contribution in [0.5, 0.6) is 11.5 Å². The maximum absolute atomic E-state index is 11.8. The normalized spacial score (nSPS) is 17.1. The second-order valence-electron chi connectivity index (χ2n) is 5.22. The van der Waals surface area contributed by atoms with Gasteiger partial charge in [0, 0.05) is 6.07 Å². The Hall–Kier alpha value is -1.96. The predicted octanol–water partition coefficient (Wildman–Crippen LogP) is 0.998. The molecular formula is C13H18N2O5S. The van der Waals surface area contributed by atoms with Gasteiger partial charge in [0.05, 0.1) is 12.3 Å². The number of benzene rings is 1. The van der Waals surface area contributed by atoms with Crippen LogP contribution in [0.15, 0.2) is 18.2 Å². The summed E-state index contributed by atoms with van der Waals surface area (Å²) in [5, 5.41) is 9.83. The van der Waals surface area contributed by atoms with Gasteiger partial charge in [0.15, 0.2) is 0 Å². The highest BCUT2D eigenvalue weighted by Gasteiger charge is 2.35. The predicted molar refractivity (Wildman–Crippen MR) is 77.5 cm³/mol. The quantitative estimate of drug-likeness (QED) is 0.845. The molecule has 8 heteroatoms. The number of nitrogens with one attached hydrogen (secondary N) is 1. The number of amides is 1. The first-order valence-electron chi connectivity index (χ1n) is 6.58. The molecule has 7 nitrogen and oxygen atoms in total. The lowest BCUT2D eigenvalue weighted by molar-refractivity contribution is -0.117. The van der Waals surface area contributed by atoms with Gasteiger partial charge in [-0.15, -0.1) is 0 Å². The van der Waals surface area contributed by atoms with Crippen LogP contribution < -0.4 is 13.8 Å². The van der Waals surface area contributed by atoms with E-state index in [1.807, 2.05) is 4.72 Å². The largest absolute Gasteiger partial charge is 0.506 e. The molecule has 1 aromatic rings. The smallest absolute Gasteiger partial charge is 0.326 e.